The van der Waals surface area contributed by atoms with Crippen LogP contribution in [0.3, 0.4) is 0 Å². The minimum absolute atomic E-state index is 0.324. The van der Waals surface area contributed by atoms with Crippen molar-refractivity contribution in [2.24, 2.45) is 0 Å². The van der Waals surface area contributed by atoms with Gasteiger partial charge in [0, 0.05) is 12.1 Å². The zero-order chi connectivity index (χ0) is 17.4. The summed E-state index contributed by atoms with van der Waals surface area (Å²) >= 11 is 0. The van der Waals surface area contributed by atoms with Gasteiger partial charge in [-0.2, -0.15) is 0 Å². The molecule has 0 aliphatic carbocycles. The third-order valence-electron chi connectivity index (χ3n) is 4.15. The van der Waals surface area contributed by atoms with E-state index in [2.05, 4.69) is 49.5 Å². The van der Waals surface area contributed by atoms with Crippen LogP contribution >= 0.6 is 0 Å². The molecule has 0 fully saturated rings. The lowest BCUT2D eigenvalue weighted by Gasteiger charge is -2.16. The van der Waals surface area contributed by atoms with Crippen molar-refractivity contribution in [3.8, 4) is 11.5 Å². The first-order valence-corrected chi connectivity index (χ1v) is 8.79. The van der Waals surface area contributed by atoms with Crippen LogP contribution in [0.4, 0.5) is 0 Å². The smallest absolute Gasteiger partial charge is 0.123 e. The minimum atomic E-state index is 0.324. The van der Waals surface area contributed by atoms with Gasteiger partial charge in [0.25, 0.3) is 0 Å². The zero-order valence-corrected chi connectivity index (χ0v) is 15.0. The number of aromatic hydroxyl groups is 1. The van der Waals surface area contributed by atoms with E-state index < -0.39 is 0 Å². The maximum atomic E-state index is 9.87. The number of nitrogens with one attached hydrogen (secondary N) is 1. The number of aryl methyl sites for hydroxylation is 2. The van der Waals surface area contributed by atoms with Gasteiger partial charge in [0.1, 0.15) is 18.1 Å². The largest absolute Gasteiger partial charge is 0.508 e. The molecule has 0 bridgehead atoms. The fourth-order valence-electron chi connectivity index (χ4n) is 2.68. The van der Waals surface area contributed by atoms with Crippen LogP contribution in [-0.4, -0.2) is 24.8 Å². The van der Waals surface area contributed by atoms with Crippen molar-refractivity contribution in [2.75, 3.05) is 19.7 Å². The quantitative estimate of drug-likeness (QED) is 0.670. The van der Waals surface area contributed by atoms with E-state index in [1.54, 1.807) is 0 Å². The van der Waals surface area contributed by atoms with E-state index in [9.17, 15) is 5.11 Å². The van der Waals surface area contributed by atoms with E-state index in [1.807, 2.05) is 19.1 Å². The molecule has 2 aromatic carbocycles. The summed E-state index contributed by atoms with van der Waals surface area (Å²) in [7, 11) is 0. The number of hydrogen-bond acceptors (Lipinski definition) is 3. The molecule has 3 heteroatoms. The monoisotopic (exact) mass is 327 g/mol. The number of phenolic OH excluding ortho intramolecular Hbond substituents is 1. The highest BCUT2D eigenvalue weighted by Crippen LogP contribution is 2.32. The van der Waals surface area contributed by atoms with E-state index in [-0.39, 0.29) is 0 Å². The molecule has 2 aromatic rings. The highest BCUT2D eigenvalue weighted by Gasteiger charge is 2.11. The van der Waals surface area contributed by atoms with Crippen LogP contribution in [0.5, 0.6) is 11.5 Å². The molecular formula is C21H29NO2. The Labute approximate surface area is 145 Å². The predicted molar refractivity (Wildman–Crippen MR) is 100 cm³/mol. The van der Waals surface area contributed by atoms with E-state index in [0.717, 1.165) is 42.8 Å². The molecular weight excluding hydrogens is 298 g/mol. The van der Waals surface area contributed by atoms with Crippen molar-refractivity contribution in [2.45, 2.75) is 39.5 Å². The Balaban J connectivity index is 1.70. The van der Waals surface area contributed by atoms with Crippen LogP contribution in [-0.2, 0) is 6.42 Å². The van der Waals surface area contributed by atoms with Crippen molar-refractivity contribution in [3.63, 3.8) is 0 Å². The Morgan fingerprint density at radius 1 is 1.08 bits per heavy atom. The third kappa shape index (κ3) is 5.57. The van der Waals surface area contributed by atoms with Crippen LogP contribution in [0.15, 0.2) is 42.5 Å². The molecule has 0 radical (unpaired) electrons. The standard InChI is InChI=1S/C21H29NO2/c1-16(2)19-15-20(23)17(3)14-21(19)24-13-12-22-11-7-10-18-8-5-4-6-9-18/h4-6,8-9,14-16,22-23H,7,10-13H2,1-3H3. The molecule has 0 atom stereocenters. The molecule has 0 aromatic heterocycles. The normalized spacial score (nSPS) is 11.0. The van der Waals surface area contributed by atoms with Gasteiger partial charge in [-0.25, -0.2) is 0 Å². The second-order valence-corrected chi connectivity index (χ2v) is 6.52. The molecule has 0 aliphatic rings. The van der Waals surface area contributed by atoms with Crippen LogP contribution in [0.25, 0.3) is 0 Å². The molecule has 0 aliphatic heterocycles. The lowest BCUT2D eigenvalue weighted by atomic mass is 10.00. The van der Waals surface area contributed by atoms with Crippen molar-refractivity contribution >= 4 is 0 Å². The molecule has 0 spiro atoms. The van der Waals surface area contributed by atoms with E-state index in [0.29, 0.717) is 18.3 Å². The second kappa shape index (κ2) is 9.33. The molecule has 0 unspecified atom stereocenters. The molecule has 130 valence electrons. The summed E-state index contributed by atoms with van der Waals surface area (Å²) in [6.07, 6.45) is 2.23. The lowest BCUT2D eigenvalue weighted by molar-refractivity contribution is 0.308. The van der Waals surface area contributed by atoms with Gasteiger partial charge in [0.05, 0.1) is 0 Å². The van der Waals surface area contributed by atoms with Crippen LogP contribution in [0, 0.1) is 6.92 Å². The summed E-state index contributed by atoms with van der Waals surface area (Å²) in [6, 6.07) is 14.3. The minimum Gasteiger partial charge on any atom is -0.508 e. The van der Waals surface area contributed by atoms with Gasteiger partial charge >= 0.3 is 0 Å². The highest BCUT2D eigenvalue weighted by molar-refractivity contribution is 5.46. The van der Waals surface area contributed by atoms with Crippen molar-refractivity contribution in [3.05, 3.63) is 59.2 Å². The number of ether oxygens (including phenoxy) is 1. The second-order valence-electron chi connectivity index (χ2n) is 6.52. The third-order valence-corrected chi connectivity index (χ3v) is 4.15. The van der Waals surface area contributed by atoms with Gasteiger partial charge < -0.3 is 15.2 Å². The van der Waals surface area contributed by atoms with Crippen molar-refractivity contribution in [1.29, 1.82) is 0 Å². The molecule has 0 amide bonds. The first-order chi connectivity index (χ1) is 11.6. The van der Waals surface area contributed by atoms with Gasteiger partial charge in [0.2, 0.25) is 0 Å². The number of phenols is 1. The summed E-state index contributed by atoms with van der Waals surface area (Å²) in [5, 5.41) is 13.3. The first-order valence-electron chi connectivity index (χ1n) is 8.79. The van der Waals surface area contributed by atoms with Gasteiger partial charge in [-0.1, -0.05) is 44.2 Å². The molecule has 24 heavy (non-hydrogen) atoms. The van der Waals surface area contributed by atoms with Crippen LogP contribution in [0.2, 0.25) is 0 Å². The molecule has 0 saturated heterocycles. The number of hydrogen-bond donors (Lipinski definition) is 2. The molecule has 2 rings (SSSR count). The Bertz CT molecular complexity index is 623. The van der Waals surface area contributed by atoms with Crippen molar-refractivity contribution < 1.29 is 9.84 Å². The Kier molecular flexibility index (Phi) is 7.13. The number of rotatable bonds is 9. The lowest BCUT2D eigenvalue weighted by Crippen LogP contribution is -2.22. The Morgan fingerprint density at radius 2 is 1.83 bits per heavy atom. The van der Waals surface area contributed by atoms with Crippen LogP contribution < -0.4 is 10.1 Å². The SMILES string of the molecule is Cc1cc(OCCNCCCc2ccccc2)c(C(C)C)cc1O. The summed E-state index contributed by atoms with van der Waals surface area (Å²) in [4.78, 5) is 0. The van der Waals surface area contributed by atoms with E-state index in [1.165, 1.54) is 5.56 Å². The number of benzene rings is 2. The van der Waals surface area contributed by atoms with Crippen LogP contribution in [0.1, 0.15) is 42.9 Å². The fourth-order valence-corrected chi connectivity index (χ4v) is 2.68. The van der Waals surface area contributed by atoms with Gasteiger partial charge in [-0.3, -0.25) is 0 Å². The van der Waals surface area contributed by atoms with Gasteiger partial charge in [0.15, 0.2) is 0 Å². The van der Waals surface area contributed by atoms with E-state index in [4.69, 9.17) is 4.74 Å². The fraction of sp³-hybridized carbons (Fsp3) is 0.429. The van der Waals surface area contributed by atoms with Gasteiger partial charge in [-0.15, -0.1) is 0 Å². The summed E-state index contributed by atoms with van der Waals surface area (Å²) in [6.45, 7) is 8.57. The predicted octanol–water partition coefficient (Wildman–Crippen LogP) is 4.43. The Hall–Kier alpha value is -2.00. The Morgan fingerprint density at radius 3 is 2.54 bits per heavy atom. The molecule has 3 nitrogen and oxygen atoms in total. The molecule has 0 heterocycles. The maximum absolute atomic E-state index is 9.87. The average molecular weight is 327 g/mol. The summed E-state index contributed by atoms with van der Waals surface area (Å²) < 4.78 is 5.93. The zero-order valence-electron chi connectivity index (χ0n) is 15.0. The van der Waals surface area contributed by atoms with Crippen molar-refractivity contribution in [1.82, 2.24) is 5.32 Å². The summed E-state index contributed by atoms with van der Waals surface area (Å²) in [5.74, 6) is 1.54. The van der Waals surface area contributed by atoms with Gasteiger partial charge in [-0.05, 0) is 55.5 Å². The van der Waals surface area contributed by atoms with E-state index >= 15 is 0 Å². The molecule has 2 N–H and O–H groups in total. The average Bonchev–Trinajstić information content (AvgIpc) is 2.57. The topological polar surface area (TPSA) is 41.5 Å². The molecule has 0 saturated carbocycles. The highest BCUT2D eigenvalue weighted by atomic mass is 16.5. The first kappa shape index (κ1) is 18.3. The summed E-state index contributed by atoms with van der Waals surface area (Å²) in [5.41, 5.74) is 3.30. The maximum Gasteiger partial charge on any atom is 0.123 e.